The third-order valence-electron chi connectivity index (χ3n) is 6.58. The molecule has 2 heterocycles. The highest BCUT2D eigenvalue weighted by Crippen LogP contribution is 2.32. The van der Waals surface area contributed by atoms with E-state index in [1.165, 1.54) is 19.1 Å². The predicted molar refractivity (Wildman–Crippen MR) is 134 cm³/mol. The summed E-state index contributed by atoms with van der Waals surface area (Å²) < 4.78 is 15.4. The van der Waals surface area contributed by atoms with E-state index in [0.29, 0.717) is 36.4 Å². The zero-order chi connectivity index (χ0) is 24.5. The number of anilines is 1. The zero-order valence-corrected chi connectivity index (χ0v) is 19.8. The Morgan fingerprint density at radius 1 is 1.09 bits per heavy atom. The number of likely N-dealkylation sites (tertiary alicyclic amines) is 1. The van der Waals surface area contributed by atoms with E-state index in [-0.39, 0.29) is 23.5 Å². The fraction of sp³-hybridized carbons (Fsp3) is 0.250. The number of hydrogen-bond acceptors (Lipinski definition) is 3. The molecule has 0 saturated carbocycles. The molecule has 2 amide bonds. The van der Waals surface area contributed by atoms with Crippen molar-refractivity contribution in [2.45, 2.75) is 32.7 Å². The number of carbonyl (C=O) groups excluding carboxylic acids is 2. The average Bonchev–Trinajstić information content (AvgIpc) is 3.44. The lowest BCUT2D eigenvalue weighted by molar-refractivity contribution is -0.114. The number of aryl methyl sites for hydroxylation is 1. The quantitative estimate of drug-likeness (QED) is 0.440. The molecule has 0 radical (unpaired) electrons. The molecule has 1 saturated heterocycles. The largest absolute Gasteiger partial charge is 0.338 e. The molecule has 3 aromatic carbocycles. The van der Waals surface area contributed by atoms with Crippen LogP contribution in [0.3, 0.4) is 0 Å². The Balaban J connectivity index is 1.53. The van der Waals surface area contributed by atoms with Crippen LogP contribution in [0.25, 0.3) is 11.0 Å². The second-order valence-electron chi connectivity index (χ2n) is 9.09. The Bertz CT molecular complexity index is 1400. The van der Waals surface area contributed by atoms with Crippen molar-refractivity contribution in [1.29, 1.82) is 0 Å². The SMILES string of the molecule is CC(=O)Nc1cc(C(=O)N2CC[C@H](c3ccc(F)cc3)C2)c2c(c1)nc(C)n2Cc1ccccc1. The Labute approximate surface area is 203 Å². The molecule has 0 bridgehead atoms. The Morgan fingerprint density at radius 3 is 2.54 bits per heavy atom. The van der Waals surface area contributed by atoms with Crippen molar-refractivity contribution in [3.63, 3.8) is 0 Å². The van der Waals surface area contributed by atoms with Crippen molar-refractivity contribution in [2.75, 3.05) is 18.4 Å². The number of benzene rings is 3. The van der Waals surface area contributed by atoms with E-state index in [4.69, 9.17) is 4.98 Å². The molecular weight excluding hydrogens is 443 g/mol. The number of carbonyl (C=O) groups is 2. The Morgan fingerprint density at radius 2 is 1.83 bits per heavy atom. The lowest BCUT2D eigenvalue weighted by Gasteiger charge is -2.19. The van der Waals surface area contributed by atoms with E-state index in [2.05, 4.69) is 9.88 Å². The molecule has 1 aromatic heterocycles. The fourth-order valence-corrected chi connectivity index (χ4v) is 4.90. The van der Waals surface area contributed by atoms with Gasteiger partial charge in [-0.2, -0.15) is 0 Å². The van der Waals surface area contributed by atoms with Gasteiger partial charge in [-0.3, -0.25) is 9.59 Å². The Hall–Kier alpha value is -4.00. The second-order valence-corrected chi connectivity index (χ2v) is 9.09. The van der Waals surface area contributed by atoms with Gasteiger partial charge in [0, 0.05) is 38.2 Å². The molecule has 0 spiro atoms. The minimum atomic E-state index is -0.265. The number of nitrogens with one attached hydrogen (secondary N) is 1. The van der Waals surface area contributed by atoms with Crippen LogP contribution in [-0.4, -0.2) is 39.4 Å². The van der Waals surface area contributed by atoms with E-state index in [9.17, 15) is 14.0 Å². The maximum Gasteiger partial charge on any atom is 0.256 e. The number of fused-ring (bicyclic) bond motifs is 1. The third-order valence-corrected chi connectivity index (χ3v) is 6.58. The number of imidazole rings is 1. The lowest BCUT2D eigenvalue weighted by Crippen LogP contribution is -2.29. The van der Waals surface area contributed by atoms with Crippen LogP contribution in [0.2, 0.25) is 0 Å². The summed E-state index contributed by atoms with van der Waals surface area (Å²) in [7, 11) is 0. The highest BCUT2D eigenvalue weighted by Gasteiger charge is 2.30. The van der Waals surface area contributed by atoms with Gasteiger partial charge in [0.05, 0.1) is 16.6 Å². The van der Waals surface area contributed by atoms with E-state index in [0.717, 1.165) is 28.9 Å². The minimum absolute atomic E-state index is 0.0963. The fourth-order valence-electron chi connectivity index (χ4n) is 4.90. The van der Waals surface area contributed by atoms with Crippen molar-refractivity contribution >= 4 is 28.5 Å². The lowest BCUT2D eigenvalue weighted by atomic mass is 9.98. The molecule has 1 N–H and O–H groups in total. The van der Waals surface area contributed by atoms with Crippen LogP contribution in [0.15, 0.2) is 66.7 Å². The molecule has 178 valence electrons. The summed E-state index contributed by atoms with van der Waals surface area (Å²) in [5, 5.41) is 2.81. The van der Waals surface area contributed by atoms with Gasteiger partial charge in [-0.25, -0.2) is 9.37 Å². The molecule has 1 atom stereocenters. The number of nitrogens with zero attached hydrogens (tertiary/aromatic N) is 3. The number of amides is 2. The average molecular weight is 471 g/mol. The maximum atomic E-state index is 13.9. The summed E-state index contributed by atoms with van der Waals surface area (Å²) in [6.07, 6.45) is 0.814. The van der Waals surface area contributed by atoms with Crippen molar-refractivity contribution < 1.29 is 14.0 Å². The maximum absolute atomic E-state index is 13.9. The molecule has 0 unspecified atom stereocenters. The Kier molecular flexibility index (Phi) is 6.07. The first-order chi connectivity index (χ1) is 16.9. The molecule has 5 rings (SSSR count). The summed E-state index contributed by atoms with van der Waals surface area (Å²) in [6, 6.07) is 20.1. The summed E-state index contributed by atoms with van der Waals surface area (Å²) in [5.41, 5.74) is 4.63. The third kappa shape index (κ3) is 4.67. The molecule has 1 aliphatic rings. The van der Waals surface area contributed by atoms with Gasteiger partial charge in [0.2, 0.25) is 5.91 Å². The van der Waals surface area contributed by atoms with Crippen LogP contribution in [0.5, 0.6) is 0 Å². The molecule has 4 aromatic rings. The van der Waals surface area contributed by atoms with Crippen LogP contribution >= 0.6 is 0 Å². The van der Waals surface area contributed by atoms with Crippen LogP contribution in [0.4, 0.5) is 10.1 Å². The van der Waals surface area contributed by atoms with Crippen molar-refractivity contribution in [3.05, 3.63) is 95.1 Å². The molecule has 0 aliphatic carbocycles. The normalized spacial score (nSPS) is 15.5. The number of halogens is 1. The van der Waals surface area contributed by atoms with E-state index in [1.54, 1.807) is 18.2 Å². The van der Waals surface area contributed by atoms with Gasteiger partial charge in [-0.15, -0.1) is 0 Å². The van der Waals surface area contributed by atoms with Crippen molar-refractivity contribution in [3.8, 4) is 0 Å². The van der Waals surface area contributed by atoms with Gasteiger partial charge >= 0.3 is 0 Å². The topological polar surface area (TPSA) is 67.2 Å². The molecule has 7 heteroatoms. The standard InChI is InChI=1S/C28H27FN4O2/c1-18-30-26-15-24(31-19(2)34)14-25(27(26)33(18)16-20-6-4-3-5-7-20)28(35)32-13-12-22(17-32)21-8-10-23(29)11-9-21/h3-11,14-15,22H,12-13,16-17H2,1-2H3,(H,31,34)/t22-/m0/s1. The van der Waals surface area contributed by atoms with Crippen LogP contribution < -0.4 is 5.32 Å². The van der Waals surface area contributed by atoms with E-state index >= 15 is 0 Å². The number of aromatic nitrogens is 2. The van der Waals surface area contributed by atoms with Gasteiger partial charge in [-0.1, -0.05) is 42.5 Å². The van der Waals surface area contributed by atoms with E-state index in [1.807, 2.05) is 48.2 Å². The van der Waals surface area contributed by atoms with Crippen LogP contribution in [-0.2, 0) is 11.3 Å². The van der Waals surface area contributed by atoms with Gasteiger partial charge in [0.25, 0.3) is 5.91 Å². The molecule has 1 fully saturated rings. The summed E-state index contributed by atoms with van der Waals surface area (Å²) >= 11 is 0. The highest BCUT2D eigenvalue weighted by molar-refractivity contribution is 6.07. The first-order valence-electron chi connectivity index (χ1n) is 11.8. The van der Waals surface area contributed by atoms with Gasteiger partial charge in [-0.05, 0) is 48.7 Å². The summed E-state index contributed by atoms with van der Waals surface area (Å²) in [5.74, 6) is 0.383. The van der Waals surface area contributed by atoms with E-state index < -0.39 is 0 Å². The first-order valence-corrected chi connectivity index (χ1v) is 11.8. The molecule has 1 aliphatic heterocycles. The summed E-state index contributed by atoms with van der Waals surface area (Å²) in [6.45, 7) is 5.12. The van der Waals surface area contributed by atoms with Gasteiger partial charge < -0.3 is 14.8 Å². The van der Waals surface area contributed by atoms with Crippen LogP contribution in [0.1, 0.15) is 46.6 Å². The van der Waals surface area contributed by atoms with Gasteiger partial charge in [0.1, 0.15) is 11.6 Å². The van der Waals surface area contributed by atoms with Crippen LogP contribution in [0, 0.1) is 12.7 Å². The predicted octanol–water partition coefficient (Wildman–Crippen LogP) is 5.12. The van der Waals surface area contributed by atoms with Gasteiger partial charge in [0.15, 0.2) is 0 Å². The zero-order valence-electron chi connectivity index (χ0n) is 19.8. The minimum Gasteiger partial charge on any atom is -0.338 e. The first kappa shape index (κ1) is 22.8. The van der Waals surface area contributed by atoms with Crippen molar-refractivity contribution in [1.82, 2.24) is 14.5 Å². The smallest absolute Gasteiger partial charge is 0.256 e. The van der Waals surface area contributed by atoms with Crippen molar-refractivity contribution in [2.24, 2.45) is 0 Å². The molecule has 6 nitrogen and oxygen atoms in total. The summed E-state index contributed by atoms with van der Waals surface area (Å²) in [4.78, 5) is 32.2. The monoisotopic (exact) mass is 470 g/mol. The molecular formula is C28H27FN4O2. The molecule has 35 heavy (non-hydrogen) atoms. The highest BCUT2D eigenvalue weighted by atomic mass is 19.1. The number of rotatable bonds is 5. The number of hydrogen-bond donors (Lipinski definition) is 1. The second kappa shape index (κ2) is 9.33.